The summed E-state index contributed by atoms with van der Waals surface area (Å²) in [5.41, 5.74) is 0.830. The fourth-order valence-electron chi connectivity index (χ4n) is 1.73. The molecule has 1 aliphatic carbocycles. The molecule has 0 heterocycles. The van der Waals surface area contributed by atoms with Gasteiger partial charge in [0.15, 0.2) is 6.10 Å². The van der Waals surface area contributed by atoms with Crippen LogP contribution in [0.25, 0.3) is 0 Å². The number of aliphatic hydroxyl groups excluding tert-OH is 1. The van der Waals surface area contributed by atoms with Crippen LogP contribution in [0.15, 0.2) is 24.3 Å². The monoisotopic (exact) mass is 250 g/mol. The van der Waals surface area contributed by atoms with E-state index in [9.17, 15) is 9.90 Å². The van der Waals surface area contributed by atoms with Crippen LogP contribution in [0.2, 0.25) is 0 Å². The molecule has 0 aliphatic heterocycles. The summed E-state index contributed by atoms with van der Waals surface area (Å²) in [6, 6.07) is 7.47. The van der Waals surface area contributed by atoms with Gasteiger partial charge in [-0.25, -0.2) is 4.79 Å². The first-order valence-corrected chi connectivity index (χ1v) is 6.17. The van der Waals surface area contributed by atoms with Crippen molar-refractivity contribution in [3.63, 3.8) is 0 Å². The SMILES string of the molecule is COC(=O)[C@@H](O)Cc1ccccc1OCC1CC1. The summed E-state index contributed by atoms with van der Waals surface area (Å²) in [5.74, 6) is 0.794. The Kier molecular flexibility index (Phi) is 4.20. The number of carbonyl (C=O) groups is 1. The van der Waals surface area contributed by atoms with Crippen LogP contribution in [0.4, 0.5) is 0 Å². The third kappa shape index (κ3) is 3.47. The van der Waals surface area contributed by atoms with Gasteiger partial charge in [0.25, 0.3) is 0 Å². The zero-order chi connectivity index (χ0) is 13.0. The minimum absolute atomic E-state index is 0.216. The third-order valence-electron chi connectivity index (χ3n) is 3.03. The van der Waals surface area contributed by atoms with Gasteiger partial charge in [0.2, 0.25) is 0 Å². The number of rotatable bonds is 6. The van der Waals surface area contributed by atoms with E-state index in [4.69, 9.17) is 4.74 Å². The fourth-order valence-corrected chi connectivity index (χ4v) is 1.73. The third-order valence-corrected chi connectivity index (χ3v) is 3.03. The Morgan fingerprint density at radius 2 is 2.17 bits per heavy atom. The number of para-hydroxylation sites is 1. The molecule has 0 radical (unpaired) electrons. The van der Waals surface area contributed by atoms with Crippen LogP contribution in [0.3, 0.4) is 0 Å². The highest BCUT2D eigenvalue weighted by Gasteiger charge is 2.23. The normalized spacial score (nSPS) is 16.1. The number of methoxy groups -OCH3 is 1. The van der Waals surface area contributed by atoms with E-state index in [1.165, 1.54) is 20.0 Å². The van der Waals surface area contributed by atoms with E-state index in [0.29, 0.717) is 12.5 Å². The molecule has 0 saturated heterocycles. The van der Waals surface area contributed by atoms with Crippen molar-refractivity contribution in [3.05, 3.63) is 29.8 Å². The van der Waals surface area contributed by atoms with E-state index in [2.05, 4.69) is 4.74 Å². The van der Waals surface area contributed by atoms with Gasteiger partial charge in [-0.3, -0.25) is 0 Å². The van der Waals surface area contributed by atoms with Crippen molar-refractivity contribution in [1.82, 2.24) is 0 Å². The second kappa shape index (κ2) is 5.87. The molecule has 0 unspecified atom stereocenters. The molecule has 1 saturated carbocycles. The zero-order valence-electron chi connectivity index (χ0n) is 10.5. The van der Waals surface area contributed by atoms with E-state index in [1.807, 2.05) is 24.3 Å². The van der Waals surface area contributed by atoms with Crippen molar-refractivity contribution in [2.24, 2.45) is 5.92 Å². The van der Waals surface area contributed by atoms with Gasteiger partial charge in [0.1, 0.15) is 5.75 Å². The highest BCUT2D eigenvalue weighted by molar-refractivity contribution is 5.74. The Bertz CT molecular complexity index is 412. The summed E-state index contributed by atoms with van der Waals surface area (Å²) in [6.07, 6.45) is 1.54. The molecule has 18 heavy (non-hydrogen) atoms. The molecule has 1 aliphatic rings. The van der Waals surface area contributed by atoms with Gasteiger partial charge in [0.05, 0.1) is 13.7 Å². The van der Waals surface area contributed by atoms with Gasteiger partial charge in [-0.05, 0) is 30.4 Å². The van der Waals surface area contributed by atoms with E-state index in [-0.39, 0.29) is 6.42 Å². The summed E-state index contributed by atoms with van der Waals surface area (Å²) in [4.78, 5) is 11.2. The molecule has 1 atom stereocenters. The van der Waals surface area contributed by atoms with Gasteiger partial charge >= 0.3 is 5.97 Å². The summed E-state index contributed by atoms with van der Waals surface area (Å²) < 4.78 is 10.2. The average Bonchev–Trinajstić information content (AvgIpc) is 3.20. The maximum absolute atomic E-state index is 11.2. The molecule has 4 nitrogen and oxygen atoms in total. The Morgan fingerprint density at radius 1 is 1.44 bits per heavy atom. The van der Waals surface area contributed by atoms with E-state index in [1.54, 1.807) is 0 Å². The van der Waals surface area contributed by atoms with Gasteiger partial charge in [-0.1, -0.05) is 18.2 Å². The minimum atomic E-state index is -1.14. The van der Waals surface area contributed by atoms with Crippen LogP contribution in [0, 0.1) is 5.92 Å². The summed E-state index contributed by atoms with van der Waals surface area (Å²) in [7, 11) is 1.26. The van der Waals surface area contributed by atoms with Crippen molar-refractivity contribution in [2.75, 3.05) is 13.7 Å². The summed E-state index contributed by atoms with van der Waals surface area (Å²) in [6.45, 7) is 0.714. The maximum atomic E-state index is 11.2. The van der Waals surface area contributed by atoms with Crippen LogP contribution in [-0.4, -0.2) is 30.9 Å². The van der Waals surface area contributed by atoms with Crippen LogP contribution < -0.4 is 4.74 Å². The van der Waals surface area contributed by atoms with Gasteiger partial charge in [-0.15, -0.1) is 0 Å². The molecule has 4 heteroatoms. The molecule has 1 fully saturated rings. The second-order valence-electron chi connectivity index (χ2n) is 4.61. The largest absolute Gasteiger partial charge is 0.493 e. The number of esters is 1. The number of carbonyl (C=O) groups excluding carboxylic acids is 1. The molecule has 0 aromatic heterocycles. The van der Waals surface area contributed by atoms with Crippen molar-refractivity contribution in [3.8, 4) is 5.75 Å². The lowest BCUT2D eigenvalue weighted by Crippen LogP contribution is -2.24. The molecule has 1 aromatic carbocycles. The van der Waals surface area contributed by atoms with Crippen LogP contribution in [0.5, 0.6) is 5.75 Å². The Labute approximate surface area is 107 Å². The lowest BCUT2D eigenvalue weighted by atomic mass is 10.1. The molecule has 0 bridgehead atoms. The topological polar surface area (TPSA) is 55.8 Å². The van der Waals surface area contributed by atoms with Crippen LogP contribution in [-0.2, 0) is 16.0 Å². The number of benzene rings is 1. The van der Waals surface area contributed by atoms with Gasteiger partial charge in [0, 0.05) is 6.42 Å². The van der Waals surface area contributed by atoms with E-state index >= 15 is 0 Å². The van der Waals surface area contributed by atoms with E-state index < -0.39 is 12.1 Å². The molecular formula is C14H18O4. The Balaban J connectivity index is 1.99. The first-order valence-electron chi connectivity index (χ1n) is 6.17. The molecule has 98 valence electrons. The van der Waals surface area contributed by atoms with Crippen LogP contribution in [0.1, 0.15) is 18.4 Å². The number of hydrogen-bond donors (Lipinski definition) is 1. The zero-order valence-corrected chi connectivity index (χ0v) is 10.5. The summed E-state index contributed by atoms with van der Waals surface area (Å²) >= 11 is 0. The predicted octanol–water partition coefficient (Wildman–Crippen LogP) is 1.55. The smallest absolute Gasteiger partial charge is 0.335 e. The standard InChI is InChI=1S/C14H18O4/c1-17-14(16)12(15)8-11-4-2-3-5-13(11)18-9-10-6-7-10/h2-5,10,12,15H,6-9H2,1H3/t12-/m0/s1. The lowest BCUT2D eigenvalue weighted by molar-refractivity contribution is -0.150. The number of aliphatic hydroxyl groups is 1. The average molecular weight is 250 g/mol. The molecular weight excluding hydrogens is 232 g/mol. The second-order valence-corrected chi connectivity index (χ2v) is 4.61. The number of hydrogen-bond acceptors (Lipinski definition) is 4. The molecule has 1 N–H and O–H groups in total. The number of ether oxygens (including phenoxy) is 2. The minimum Gasteiger partial charge on any atom is -0.493 e. The highest BCUT2D eigenvalue weighted by atomic mass is 16.5. The Hall–Kier alpha value is -1.55. The van der Waals surface area contributed by atoms with Crippen molar-refractivity contribution in [1.29, 1.82) is 0 Å². The van der Waals surface area contributed by atoms with E-state index in [0.717, 1.165) is 11.3 Å². The van der Waals surface area contributed by atoms with Gasteiger partial charge in [-0.2, -0.15) is 0 Å². The molecule has 2 rings (SSSR count). The molecule has 1 aromatic rings. The molecule has 0 spiro atoms. The molecule has 0 amide bonds. The quantitative estimate of drug-likeness (QED) is 0.778. The Morgan fingerprint density at radius 3 is 2.83 bits per heavy atom. The fraction of sp³-hybridized carbons (Fsp3) is 0.500. The predicted molar refractivity (Wildman–Crippen MR) is 66.4 cm³/mol. The van der Waals surface area contributed by atoms with Crippen LogP contribution >= 0.6 is 0 Å². The maximum Gasteiger partial charge on any atom is 0.335 e. The van der Waals surface area contributed by atoms with Crippen molar-refractivity contribution in [2.45, 2.75) is 25.4 Å². The van der Waals surface area contributed by atoms with Crippen molar-refractivity contribution >= 4 is 5.97 Å². The lowest BCUT2D eigenvalue weighted by Gasteiger charge is -2.13. The van der Waals surface area contributed by atoms with Crippen molar-refractivity contribution < 1.29 is 19.4 Å². The van der Waals surface area contributed by atoms with Gasteiger partial charge < -0.3 is 14.6 Å². The summed E-state index contributed by atoms with van der Waals surface area (Å²) in [5, 5.41) is 9.66. The highest BCUT2D eigenvalue weighted by Crippen LogP contribution is 2.30. The first kappa shape index (κ1) is 12.9. The first-order chi connectivity index (χ1) is 8.70.